The Labute approximate surface area is 179 Å². The summed E-state index contributed by atoms with van der Waals surface area (Å²) in [5, 5.41) is 1.42. The van der Waals surface area contributed by atoms with Gasteiger partial charge in [-0.2, -0.15) is 0 Å². The number of aromatic amines is 1. The van der Waals surface area contributed by atoms with E-state index >= 15 is 0 Å². The number of pyridine rings is 1. The van der Waals surface area contributed by atoms with E-state index in [1.54, 1.807) is 29.2 Å². The lowest BCUT2D eigenvalue weighted by molar-refractivity contribution is 0.0985. The van der Waals surface area contributed by atoms with Crippen LogP contribution in [0.3, 0.4) is 0 Å². The molecule has 5 heteroatoms. The Hall–Kier alpha value is -3.37. The zero-order valence-electron chi connectivity index (χ0n) is 16.8. The van der Waals surface area contributed by atoms with Gasteiger partial charge in [-0.05, 0) is 72.8 Å². The topological polar surface area (TPSA) is 53.2 Å². The molecule has 0 saturated heterocycles. The SMILES string of the molecule is Cc1cccc(N(Cc2cc3ccc(C)cc3[nH]c2=O)C(=O)c2cccc(Cl)c2)c1. The first-order valence-corrected chi connectivity index (χ1v) is 10.1. The second-order valence-corrected chi connectivity index (χ2v) is 7.89. The molecule has 0 aliphatic rings. The number of nitrogens with zero attached hydrogens (tertiary/aromatic N) is 1. The number of carbonyl (C=O) groups excluding carboxylic acids is 1. The van der Waals surface area contributed by atoms with Gasteiger partial charge in [0.15, 0.2) is 0 Å². The van der Waals surface area contributed by atoms with E-state index < -0.39 is 0 Å². The van der Waals surface area contributed by atoms with Crippen molar-refractivity contribution in [3.63, 3.8) is 0 Å². The van der Waals surface area contributed by atoms with Crippen LogP contribution in [-0.2, 0) is 6.54 Å². The molecular weight excluding hydrogens is 396 g/mol. The van der Waals surface area contributed by atoms with Gasteiger partial charge < -0.3 is 9.88 Å². The lowest BCUT2D eigenvalue weighted by atomic mass is 10.1. The van der Waals surface area contributed by atoms with Crippen LogP contribution in [0.5, 0.6) is 0 Å². The largest absolute Gasteiger partial charge is 0.322 e. The van der Waals surface area contributed by atoms with Gasteiger partial charge in [0.05, 0.1) is 6.54 Å². The zero-order valence-corrected chi connectivity index (χ0v) is 17.5. The van der Waals surface area contributed by atoms with Crippen LogP contribution in [0.15, 0.2) is 77.6 Å². The number of anilines is 1. The summed E-state index contributed by atoms with van der Waals surface area (Å²) in [6.07, 6.45) is 0. The molecule has 0 fully saturated rings. The van der Waals surface area contributed by atoms with E-state index in [-0.39, 0.29) is 18.0 Å². The molecule has 4 rings (SSSR count). The molecule has 0 bridgehead atoms. The first-order valence-electron chi connectivity index (χ1n) is 9.67. The molecule has 0 spiro atoms. The number of benzene rings is 3. The average molecular weight is 417 g/mol. The summed E-state index contributed by atoms with van der Waals surface area (Å²) in [5.41, 5.74) is 4.39. The standard InChI is InChI=1S/C25H21ClN2O2/c1-16-5-3-8-22(11-16)28(25(30)19-6-4-7-21(26)14-19)15-20-13-18-10-9-17(2)12-23(18)27-24(20)29/h3-14H,15H2,1-2H3,(H,27,29). The number of fused-ring (bicyclic) bond motifs is 1. The summed E-state index contributed by atoms with van der Waals surface area (Å²) >= 11 is 6.10. The molecule has 0 aliphatic heterocycles. The van der Waals surface area contributed by atoms with Crippen LogP contribution in [0.2, 0.25) is 5.02 Å². The number of hydrogen-bond donors (Lipinski definition) is 1. The van der Waals surface area contributed by atoms with Crippen LogP contribution in [0.1, 0.15) is 27.0 Å². The number of halogens is 1. The number of hydrogen-bond acceptors (Lipinski definition) is 2. The predicted molar refractivity (Wildman–Crippen MR) is 122 cm³/mol. The van der Waals surface area contributed by atoms with E-state index in [2.05, 4.69) is 4.98 Å². The number of rotatable bonds is 4. The van der Waals surface area contributed by atoms with E-state index in [4.69, 9.17) is 11.6 Å². The normalized spacial score (nSPS) is 10.9. The highest BCUT2D eigenvalue weighted by molar-refractivity contribution is 6.31. The van der Waals surface area contributed by atoms with Crippen LogP contribution in [0.4, 0.5) is 5.69 Å². The first kappa shape index (κ1) is 19.9. The van der Waals surface area contributed by atoms with Gasteiger partial charge in [0.2, 0.25) is 0 Å². The van der Waals surface area contributed by atoms with Gasteiger partial charge in [-0.1, -0.05) is 41.9 Å². The highest BCUT2D eigenvalue weighted by Crippen LogP contribution is 2.23. The molecule has 0 radical (unpaired) electrons. The third-order valence-corrected chi connectivity index (χ3v) is 5.27. The average Bonchev–Trinajstić information content (AvgIpc) is 2.72. The van der Waals surface area contributed by atoms with Crippen LogP contribution >= 0.6 is 11.6 Å². The molecule has 0 unspecified atom stereocenters. The van der Waals surface area contributed by atoms with Crippen molar-refractivity contribution in [2.75, 3.05) is 4.90 Å². The van der Waals surface area contributed by atoms with Gasteiger partial charge in [0.1, 0.15) is 0 Å². The minimum atomic E-state index is -0.216. The number of aryl methyl sites for hydroxylation is 2. The molecule has 0 atom stereocenters. The van der Waals surface area contributed by atoms with Crippen molar-refractivity contribution in [2.45, 2.75) is 20.4 Å². The zero-order chi connectivity index (χ0) is 21.3. The summed E-state index contributed by atoms with van der Waals surface area (Å²) in [4.78, 5) is 30.7. The van der Waals surface area contributed by atoms with Gasteiger partial charge in [0, 0.05) is 27.4 Å². The number of carbonyl (C=O) groups is 1. The molecule has 1 N–H and O–H groups in total. The van der Waals surface area contributed by atoms with Crippen LogP contribution in [0.25, 0.3) is 10.9 Å². The molecule has 3 aromatic carbocycles. The maximum atomic E-state index is 13.4. The number of amides is 1. The summed E-state index contributed by atoms with van der Waals surface area (Å²) in [6, 6.07) is 22.3. The van der Waals surface area contributed by atoms with E-state index in [1.807, 2.05) is 62.4 Å². The van der Waals surface area contributed by atoms with E-state index in [0.717, 1.165) is 27.7 Å². The lowest BCUT2D eigenvalue weighted by Gasteiger charge is -2.23. The van der Waals surface area contributed by atoms with E-state index in [1.165, 1.54) is 0 Å². The van der Waals surface area contributed by atoms with Crippen molar-refractivity contribution >= 4 is 34.1 Å². The van der Waals surface area contributed by atoms with Gasteiger partial charge in [-0.3, -0.25) is 9.59 Å². The summed E-state index contributed by atoms with van der Waals surface area (Å²) in [7, 11) is 0. The summed E-state index contributed by atoms with van der Waals surface area (Å²) in [6.45, 7) is 4.10. The van der Waals surface area contributed by atoms with Crippen molar-refractivity contribution < 1.29 is 4.79 Å². The summed E-state index contributed by atoms with van der Waals surface area (Å²) < 4.78 is 0. The van der Waals surface area contributed by atoms with Crippen molar-refractivity contribution in [1.29, 1.82) is 0 Å². The lowest BCUT2D eigenvalue weighted by Crippen LogP contribution is -2.33. The Morgan fingerprint density at radius 3 is 2.47 bits per heavy atom. The third-order valence-electron chi connectivity index (χ3n) is 5.04. The fourth-order valence-corrected chi connectivity index (χ4v) is 3.69. The highest BCUT2D eigenvalue weighted by Gasteiger charge is 2.20. The maximum Gasteiger partial charge on any atom is 0.258 e. The maximum absolute atomic E-state index is 13.4. The minimum absolute atomic E-state index is 0.147. The highest BCUT2D eigenvalue weighted by atomic mass is 35.5. The second kappa shape index (κ2) is 8.17. The van der Waals surface area contributed by atoms with Crippen LogP contribution in [-0.4, -0.2) is 10.9 Å². The Morgan fingerprint density at radius 2 is 1.70 bits per heavy atom. The fraction of sp³-hybridized carbons (Fsp3) is 0.120. The van der Waals surface area contributed by atoms with Crippen LogP contribution in [0, 0.1) is 13.8 Å². The van der Waals surface area contributed by atoms with Gasteiger partial charge in [-0.25, -0.2) is 0 Å². The monoisotopic (exact) mass is 416 g/mol. The number of aromatic nitrogens is 1. The van der Waals surface area contributed by atoms with Crippen molar-refractivity contribution in [1.82, 2.24) is 4.98 Å². The fourth-order valence-electron chi connectivity index (χ4n) is 3.50. The molecule has 1 amide bonds. The van der Waals surface area contributed by atoms with E-state index in [0.29, 0.717) is 16.1 Å². The smallest absolute Gasteiger partial charge is 0.258 e. The van der Waals surface area contributed by atoms with Crippen molar-refractivity contribution in [3.8, 4) is 0 Å². The molecule has 150 valence electrons. The van der Waals surface area contributed by atoms with E-state index in [9.17, 15) is 9.59 Å². The minimum Gasteiger partial charge on any atom is -0.322 e. The Balaban J connectivity index is 1.79. The van der Waals surface area contributed by atoms with Crippen molar-refractivity contribution in [2.24, 2.45) is 0 Å². The molecule has 4 nitrogen and oxygen atoms in total. The predicted octanol–water partition coefficient (Wildman–Crippen LogP) is 5.65. The number of nitrogens with one attached hydrogen (secondary N) is 1. The molecule has 0 saturated carbocycles. The molecule has 4 aromatic rings. The quantitative estimate of drug-likeness (QED) is 0.467. The third kappa shape index (κ3) is 4.14. The van der Waals surface area contributed by atoms with Gasteiger partial charge >= 0.3 is 0 Å². The van der Waals surface area contributed by atoms with Crippen LogP contribution < -0.4 is 10.5 Å². The van der Waals surface area contributed by atoms with Gasteiger partial charge in [0.25, 0.3) is 11.5 Å². The molecule has 30 heavy (non-hydrogen) atoms. The Kier molecular flexibility index (Phi) is 5.42. The Morgan fingerprint density at radius 1 is 0.933 bits per heavy atom. The van der Waals surface area contributed by atoms with Crippen molar-refractivity contribution in [3.05, 3.63) is 110 Å². The molecule has 0 aliphatic carbocycles. The molecular formula is C25H21ClN2O2. The summed E-state index contributed by atoms with van der Waals surface area (Å²) in [5.74, 6) is -0.216. The number of H-pyrrole nitrogens is 1. The van der Waals surface area contributed by atoms with Gasteiger partial charge in [-0.15, -0.1) is 0 Å². The molecule has 1 heterocycles. The Bertz CT molecular complexity index is 1310. The first-order chi connectivity index (χ1) is 14.4. The molecule has 1 aromatic heterocycles. The second-order valence-electron chi connectivity index (χ2n) is 7.46.